The third-order valence-electron chi connectivity index (χ3n) is 6.26. The lowest BCUT2D eigenvalue weighted by Gasteiger charge is -2.35. The van der Waals surface area contributed by atoms with E-state index in [4.69, 9.17) is 0 Å². The van der Waals surface area contributed by atoms with E-state index in [1.807, 2.05) is 30.3 Å². The number of halogens is 2. The summed E-state index contributed by atoms with van der Waals surface area (Å²) in [7, 11) is 0. The second-order valence-electron chi connectivity index (χ2n) is 8.44. The average Bonchev–Trinajstić information content (AvgIpc) is 3.51. The van der Waals surface area contributed by atoms with Gasteiger partial charge in [-0.25, -0.2) is 18.4 Å². The van der Waals surface area contributed by atoms with E-state index in [9.17, 15) is 19.6 Å². The smallest absolute Gasteiger partial charge is 0.270 e. The number of rotatable bonds is 7. The zero-order valence-electron chi connectivity index (χ0n) is 19.0. The van der Waals surface area contributed by atoms with E-state index in [1.54, 1.807) is 6.92 Å². The van der Waals surface area contributed by atoms with Gasteiger partial charge >= 0.3 is 0 Å². The molecule has 0 amide bonds. The van der Waals surface area contributed by atoms with E-state index < -0.39 is 28.2 Å². The molecule has 0 saturated heterocycles. The van der Waals surface area contributed by atoms with E-state index in [0.29, 0.717) is 28.2 Å². The highest BCUT2D eigenvalue weighted by Gasteiger charge is 2.42. The van der Waals surface area contributed by atoms with Crippen LogP contribution in [0.2, 0.25) is 0 Å². The monoisotopic (exact) mass is 490 g/mol. The predicted octanol–water partition coefficient (Wildman–Crippen LogP) is 4.63. The van der Waals surface area contributed by atoms with Gasteiger partial charge in [0.2, 0.25) is 0 Å². The maximum atomic E-state index is 15.1. The van der Waals surface area contributed by atoms with Crippen LogP contribution in [-0.2, 0) is 12.1 Å². The van der Waals surface area contributed by atoms with Gasteiger partial charge in [-0.1, -0.05) is 36.4 Å². The van der Waals surface area contributed by atoms with Gasteiger partial charge in [-0.2, -0.15) is 10.2 Å². The van der Waals surface area contributed by atoms with Gasteiger partial charge in [-0.05, 0) is 19.1 Å². The summed E-state index contributed by atoms with van der Waals surface area (Å²) < 4.78 is 31.7. The Kier molecular flexibility index (Phi) is 5.77. The second-order valence-corrected chi connectivity index (χ2v) is 8.44. The second kappa shape index (κ2) is 8.93. The number of nitro benzene ring substituents is 1. The van der Waals surface area contributed by atoms with Crippen molar-refractivity contribution in [1.29, 1.82) is 0 Å². The Bertz CT molecular complexity index is 1560. The Morgan fingerprint density at radius 1 is 1.11 bits per heavy atom. The van der Waals surface area contributed by atoms with Crippen LogP contribution in [0.15, 0.2) is 79.4 Å². The average molecular weight is 490 g/mol. The summed E-state index contributed by atoms with van der Waals surface area (Å²) in [5, 5.41) is 32.7. The normalized spacial score (nSPS) is 14.0. The van der Waals surface area contributed by atoms with Crippen molar-refractivity contribution in [3.8, 4) is 11.3 Å². The van der Waals surface area contributed by atoms with Crippen molar-refractivity contribution in [3.05, 3.63) is 107 Å². The van der Waals surface area contributed by atoms with Gasteiger partial charge in [0.1, 0.15) is 29.9 Å². The van der Waals surface area contributed by atoms with Gasteiger partial charge in [-0.15, -0.1) is 0 Å². The van der Waals surface area contributed by atoms with Gasteiger partial charge < -0.3 is 5.11 Å². The lowest BCUT2D eigenvalue weighted by molar-refractivity contribution is -0.384. The fraction of sp³-hybridized carbons (Fsp3) is 0.160. The van der Waals surface area contributed by atoms with E-state index in [1.165, 1.54) is 46.3 Å². The third kappa shape index (κ3) is 3.99. The van der Waals surface area contributed by atoms with E-state index in [2.05, 4.69) is 15.2 Å². The van der Waals surface area contributed by atoms with Gasteiger partial charge in [0.25, 0.3) is 5.69 Å². The first-order valence-corrected chi connectivity index (χ1v) is 11.0. The highest BCUT2D eigenvalue weighted by molar-refractivity contribution is 5.94. The molecule has 0 fully saturated rings. The molecule has 0 aliphatic rings. The Labute approximate surface area is 203 Å². The summed E-state index contributed by atoms with van der Waals surface area (Å²) >= 11 is 0. The highest BCUT2D eigenvalue weighted by Crippen LogP contribution is 2.41. The molecule has 2 atom stereocenters. The van der Waals surface area contributed by atoms with Crippen molar-refractivity contribution < 1.29 is 18.8 Å². The van der Waals surface area contributed by atoms with Crippen LogP contribution in [0.25, 0.3) is 22.2 Å². The van der Waals surface area contributed by atoms with Crippen molar-refractivity contribution in [2.24, 2.45) is 0 Å². The number of nitrogens with zero attached hydrogens (tertiary/aromatic N) is 6. The predicted molar refractivity (Wildman–Crippen MR) is 127 cm³/mol. The van der Waals surface area contributed by atoms with Gasteiger partial charge in [0.05, 0.1) is 28.7 Å². The first-order chi connectivity index (χ1) is 17.3. The fourth-order valence-corrected chi connectivity index (χ4v) is 4.41. The molecule has 0 aliphatic heterocycles. The Hall–Kier alpha value is -4.51. The van der Waals surface area contributed by atoms with Crippen molar-refractivity contribution in [1.82, 2.24) is 24.5 Å². The molecule has 0 spiro atoms. The highest BCUT2D eigenvalue weighted by atomic mass is 19.1. The number of aliphatic hydroxyl groups is 1. The standard InChI is InChI=1S/C25H20F2N6O3/c1-16(25(34,13-31-15-28-14-29-31)21-9-7-18(26)11-22(21)27)32-24(17-5-3-2-4-6-17)20-12-19(33(35)36)8-10-23(20)30-32/h2-12,14-16,34H,13H2,1H3/t16-,25-/m1/s1. The van der Waals surface area contributed by atoms with Crippen LogP contribution in [0.3, 0.4) is 0 Å². The van der Waals surface area contributed by atoms with Crippen LogP contribution in [0.5, 0.6) is 0 Å². The molecule has 5 rings (SSSR count). The zero-order valence-corrected chi connectivity index (χ0v) is 19.0. The minimum absolute atomic E-state index is 0.116. The summed E-state index contributed by atoms with van der Waals surface area (Å²) in [6, 6.07) is 15.4. The molecular weight excluding hydrogens is 470 g/mol. The summed E-state index contributed by atoms with van der Waals surface area (Å²) in [6.07, 6.45) is 2.66. The molecule has 2 heterocycles. The molecule has 5 aromatic rings. The Balaban J connectivity index is 1.76. The fourth-order valence-electron chi connectivity index (χ4n) is 4.41. The summed E-state index contributed by atoms with van der Waals surface area (Å²) in [5.74, 6) is -1.72. The number of nitro groups is 1. The van der Waals surface area contributed by atoms with Crippen molar-refractivity contribution >= 4 is 16.6 Å². The van der Waals surface area contributed by atoms with Crippen LogP contribution in [0.4, 0.5) is 14.5 Å². The van der Waals surface area contributed by atoms with Crippen molar-refractivity contribution in [2.45, 2.75) is 25.1 Å². The number of non-ortho nitro benzene ring substituents is 1. The molecule has 3 aromatic carbocycles. The van der Waals surface area contributed by atoms with E-state index in [-0.39, 0.29) is 17.8 Å². The molecule has 9 nitrogen and oxygen atoms in total. The van der Waals surface area contributed by atoms with Gasteiger partial charge in [0, 0.05) is 34.7 Å². The number of benzene rings is 3. The molecular formula is C25H20F2N6O3. The van der Waals surface area contributed by atoms with Crippen LogP contribution < -0.4 is 0 Å². The van der Waals surface area contributed by atoms with E-state index in [0.717, 1.165) is 6.07 Å². The molecule has 36 heavy (non-hydrogen) atoms. The molecule has 0 unspecified atom stereocenters. The van der Waals surface area contributed by atoms with Crippen LogP contribution in [-0.4, -0.2) is 34.6 Å². The number of hydrogen-bond acceptors (Lipinski definition) is 6. The molecule has 0 aliphatic carbocycles. The summed E-state index contributed by atoms with van der Waals surface area (Å²) in [4.78, 5) is 14.9. The van der Waals surface area contributed by atoms with Crippen molar-refractivity contribution in [3.63, 3.8) is 0 Å². The molecule has 182 valence electrons. The van der Waals surface area contributed by atoms with Crippen LogP contribution >= 0.6 is 0 Å². The summed E-state index contributed by atoms with van der Waals surface area (Å²) in [5.41, 5.74) is -0.598. The minimum atomic E-state index is -1.97. The molecule has 0 radical (unpaired) electrons. The maximum Gasteiger partial charge on any atom is 0.270 e. The molecule has 11 heteroatoms. The maximum absolute atomic E-state index is 15.1. The SMILES string of the molecule is C[C@@H](n1nc2ccc([N+](=O)[O-])cc2c1-c1ccccc1)[C@](O)(Cn1cncn1)c1ccc(F)cc1F. The minimum Gasteiger partial charge on any atom is -0.381 e. The number of hydrogen-bond donors (Lipinski definition) is 1. The zero-order chi connectivity index (χ0) is 25.4. The van der Waals surface area contributed by atoms with Gasteiger partial charge in [-0.3, -0.25) is 14.8 Å². The van der Waals surface area contributed by atoms with Gasteiger partial charge in [0.15, 0.2) is 0 Å². The number of fused-ring (bicyclic) bond motifs is 1. The first-order valence-electron chi connectivity index (χ1n) is 11.0. The molecule has 0 bridgehead atoms. The lowest BCUT2D eigenvalue weighted by Crippen LogP contribution is -2.41. The number of aromatic nitrogens is 5. The lowest BCUT2D eigenvalue weighted by atomic mass is 9.86. The van der Waals surface area contributed by atoms with Crippen molar-refractivity contribution in [2.75, 3.05) is 0 Å². The third-order valence-corrected chi connectivity index (χ3v) is 6.26. The molecule has 0 saturated carbocycles. The molecule has 2 aromatic heterocycles. The Morgan fingerprint density at radius 2 is 1.89 bits per heavy atom. The molecule has 1 N–H and O–H groups in total. The van der Waals surface area contributed by atoms with Crippen LogP contribution in [0.1, 0.15) is 18.5 Å². The first kappa shape index (κ1) is 23.2. The quantitative estimate of drug-likeness (QED) is 0.263. The van der Waals surface area contributed by atoms with E-state index >= 15 is 4.39 Å². The van der Waals surface area contributed by atoms with Crippen LogP contribution in [0, 0.1) is 21.7 Å². The topological polar surface area (TPSA) is 112 Å². The summed E-state index contributed by atoms with van der Waals surface area (Å²) in [6.45, 7) is 1.42. The largest absolute Gasteiger partial charge is 0.381 e. The Morgan fingerprint density at radius 3 is 2.56 bits per heavy atom.